The zero-order chi connectivity index (χ0) is 20.8. The molecule has 0 saturated carbocycles. The summed E-state index contributed by atoms with van der Waals surface area (Å²) in [5.74, 6) is 0.119. The molecule has 5 nitrogen and oxygen atoms in total. The molecule has 30 heavy (non-hydrogen) atoms. The second kappa shape index (κ2) is 7.84. The number of nitrogens with one attached hydrogen (secondary N) is 1. The molecule has 0 spiro atoms. The minimum Gasteiger partial charge on any atom is -0.368 e. The molecular weight excluding hydrogens is 416 g/mol. The number of nitrogens with zero attached hydrogens (tertiary/aromatic N) is 3. The Morgan fingerprint density at radius 2 is 2.10 bits per heavy atom. The van der Waals surface area contributed by atoms with Crippen molar-refractivity contribution in [1.82, 2.24) is 15.2 Å². The molecule has 0 aliphatic carbocycles. The van der Waals surface area contributed by atoms with E-state index in [1.54, 1.807) is 11.3 Å². The third-order valence-electron chi connectivity index (χ3n) is 6.25. The van der Waals surface area contributed by atoms with Gasteiger partial charge in [-0.25, -0.2) is 0 Å². The predicted molar refractivity (Wildman–Crippen MR) is 125 cm³/mol. The van der Waals surface area contributed by atoms with Crippen LogP contribution in [-0.4, -0.2) is 55.1 Å². The Hall–Kier alpha value is -2.15. The van der Waals surface area contributed by atoms with E-state index in [2.05, 4.69) is 47.4 Å². The fourth-order valence-electron chi connectivity index (χ4n) is 4.21. The number of halogens is 1. The van der Waals surface area contributed by atoms with Crippen molar-refractivity contribution in [3.63, 3.8) is 0 Å². The molecule has 0 radical (unpaired) electrons. The smallest absolute Gasteiger partial charge is 0.264 e. The highest BCUT2D eigenvalue weighted by Crippen LogP contribution is 2.42. The van der Waals surface area contributed by atoms with E-state index < -0.39 is 0 Å². The lowest BCUT2D eigenvalue weighted by molar-refractivity contribution is 0.0657. The SMILES string of the molecule is CCc1cc(Cl)cc(-c2ccnc3cc(C(=O)N4CCC4)sc23)c1N(C)C1CNC1. The molecule has 2 aliphatic rings. The molecule has 2 aliphatic heterocycles. The summed E-state index contributed by atoms with van der Waals surface area (Å²) in [4.78, 5) is 22.4. The molecular formula is C23H25ClN4OS. The summed E-state index contributed by atoms with van der Waals surface area (Å²) >= 11 is 8.10. The van der Waals surface area contributed by atoms with E-state index in [-0.39, 0.29) is 5.91 Å². The van der Waals surface area contributed by atoms with E-state index in [0.29, 0.717) is 6.04 Å². The van der Waals surface area contributed by atoms with E-state index in [9.17, 15) is 4.79 Å². The maximum atomic E-state index is 12.8. The highest BCUT2D eigenvalue weighted by Gasteiger charge is 2.28. The van der Waals surface area contributed by atoms with Gasteiger partial charge in [-0.1, -0.05) is 18.5 Å². The van der Waals surface area contributed by atoms with Gasteiger partial charge in [-0.3, -0.25) is 9.78 Å². The van der Waals surface area contributed by atoms with E-state index in [4.69, 9.17) is 11.6 Å². The van der Waals surface area contributed by atoms with Crippen LogP contribution in [0.25, 0.3) is 21.3 Å². The lowest BCUT2D eigenvalue weighted by Crippen LogP contribution is -2.56. The Morgan fingerprint density at radius 3 is 2.73 bits per heavy atom. The van der Waals surface area contributed by atoms with Crippen LogP contribution in [0.2, 0.25) is 5.02 Å². The third-order valence-corrected chi connectivity index (χ3v) is 7.61. The van der Waals surface area contributed by atoms with Gasteiger partial charge < -0.3 is 15.1 Å². The first-order valence-corrected chi connectivity index (χ1v) is 11.7. The van der Waals surface area contributed by atoms with Gasteiger partial charge in [0.1, 0.15) is 0 Å². The van der Waals surface area contributed by atoms with Crippen LogP contribution < -0.4 is 10.2 Å². The summed E-state index contributed by atoms with van der Waals surface area (Å²) in [6, 6.07) is 8.60. The first kappa shape index (κ1) is 19.8. The number of carbonyl (C=O) groups excluding carboxylic acids is 1. The first-order chi connectivity index (χ1) is 14.6. The summed E-state index contributed by atoms with van der Waals surface area (Å²) in [5, 5.41) is 4.11. The summed E-state index contributed by atoms with van der Waals surface area (Å²) < 4.78 is 1.05. The van der Waals surface area contributed by atoms with Gasteiger partial charge in [0.25, 0.3) is 5.91 Å². The monoisotopic (exact) mass is 440 g/mol. The second-order valence-electron chi connectivity index (χ2n) is 8.07. The molecule has 1 N–H and O–H groups in total. The number of hydrogen-bond donors (Lipinski definition) is 1. The fraction of sp³-hybridized carbons (Fsp3) is 0.391. The fourth-order valence-corrected chi connectivity index (χ4v) is 5.56. The quantitative estimate of drug-likeness (QED) is 0.637. The van der Waals surface area contributed by atoms with Gasteiger partial charge in [0, 0.05) is 61.3 Å². The van der Waals surface area contributed by atoms with Crippen molar-refractivity contribution in [2.45, 2.75) is 25.8 Å². The van der Waals surface area contributed by atoms with Crippen molar-refractivity contribution in [2.75, 3.05) is 38.1 Å². The lowest BCUT2D eigenvalue weighted by Gasteiger charge is -2.39. The number of pyridine rings is 1. The number of hydrogen-bond acceptors (Lipinski definition) is 5. The molecule has 5 rings (SSSR count). The summed E-state index contributed by atoms with van der Waals surface area (Å²) in [6.45, 7) is 5.85. The lowest BCUT2D eigenvalue weighted by atomic mass is 9.96. The van der Waals surface area contributed by atoms with Gasteiger partial charge in [-0.05, 0) is 42.7 Å². The topological polar surface area (TPSA) is 48.5 Å². The molecule has 1 amide bonds. The number of fused-ring (bicyclic) bond motifs is 1. The Kier molecular flexibility index (Phi) is 5.17. The minimum absolute atomic E-state index is 0.119. The molecule has 156 valence electrons. The van der Waals surface area contributed by atoms with E-state index in [1.807, 2.05) is 17.2 Å². The summed E-state index contributed by atoms with van der Waals surface area (Å²) in [6.07, 6.45) is 3.84. The van der Waals surface area contributed by atoms with Crippen LogP contribution in [-0.2, 0) is 6.42 Å². The second-order valence-corrected chi connectivity index (χ2v) is 9.56. The molecule has 7 heteroatoms. The average molecular weight is 441 g/mol. The molecule has 0 atom stereocenters. The van der Waals surface area contributed by atoms with E-state index >= 15 is 0 Å². The van der Waals surface area contributed by atoms with Gasteiger partial charge in [-0.15, -0.1) is 11.3 Å². The van der Waals surface area contributed by atoms with E-state index in [1.165, 1.54) is 11.3 Å². The number of benzene rings is 1. The highest BCUT2D eigenvalue weighted by atomic mass is 35.5. The zero-order valence-electron chi connectivity index (χ0n) is 17.2. The summed E-state index contributed by atoms with van der Waals surface area (Å²) in [5.41, 5.74) is 5.55. The molecule has 2 saturated heterocycles. The molecule has 2 aromatic heterocycles. The predicted octanol–water partition coefficient (Wildman–Crippen LogP) is 4.43. The third kappa shape index (κ3) is 3.27. The Morgan fingerprint density at radius 1 is 1.30 bits per heavy atom. The van der Waals surface area contributed by atoms with E-state index in [0.717, 1.165) is 70.3 Å². The highest BCUT2D eigenvalue weighted by molar-refractivity contribution is 7.21. The normalized spacial score (nSPS) is 16.4. The number of amides is 1. The first-order valence-electron chi connectivity index (χ1n) is 10.5. The van der Waals surface area contributed by atoms with Crippen LogP contribution in [0.3, 0.4) is 0 Å². The van der Waals surface area contributed by atoms with Gasteiger partial charge in [-0.2, -0.15) is 0 Å². The molecule has 2 fully saturated rings. The van der Waals surface area contributed by atoms with Crippen molar-refractivity contribution < 1.29 is 4.79 Å². The number of anilines is 1. The van der Waals surface area contributed by atoms with Crippen molar-refractivity contribution in [3.8, 4) is 11.1 Å². The number of aromatic nitrogens is 1. The van der Waals surface area contributed by atoms with Crippen molar-refractivity contribution in [1.29, 1.82) is 0 Å². The van der Waals surface area contributed by atoms with Crippen LogP contribution in [0, 0.1) is 0 Å². The number of aryl methyl sites for hydroxylation is 1. The van der Waals surface area contributed by atoms with Crippen LogP contribution in [0.1, 0.15) is 28.6 Å². The number of rotatable bonds is 5. The van der Waals surface area contributed by atoms with Gasteiger partial charge in [0.05, 0.1) is 21.1 Å². The van der Waals surface area contributed by atoms with Crippen LogP contribution in [0.4, 0.5) is 5.69 Å². The van der Waals surface area contributed by atoms with Gasteiger partial charge in [0.2, 0.25) is 0 Å². The van der Waals surface area contributed by atoms with Gasteiger partial charge >= 0.3 is 0 Å². The maximum Gasteiger partial charge on any atom is 0.264 e. The Bertz CT molecular complexity index is 1120. The summed E-state index contributed by atoms with van der Waals surface area (Å²) in [7, 11) is 2.17. The van der Waals surface area contributed by atoms with Crippen LogP contribution in [0.15, 0.2) is 30.5 Å². The Labute approximate surface area is 185 Å². The van der Waals surface area contributed by atoms with Crippen molar-refractivity contribution in [3.05, 3.63) is 45.9 Å². The number of likely N-dealkylation sites (tertiary alicyclic amines) is 1. The molecule has 1 aromatic carbocycles. The number of likely N-dealkylation sites (N-methyl/N-ethyl adjacent to an activating group) is 1. The average Bonchev–Trinajstić information content (AvgIpc) is 3.08. The number of carbonyl (C=O) groups is 1. The number of thiophene rings is 1. The van der Waals surface area contributed by atoms with Crippen LogP contribution >= 0.6 is 22.9 Å². The molecule has 0 bridgehead atoms. The van der Waals surface area contributed by atoms with Crippen LogP contribution in [0.5, 0.6) is 0 Å². The molecule has 4 heterocycles. The maximum absolute atomic E-state index is 12.8. The zero-order valence-corrected chi connectivity index (χ0v) is 18.8. The minimum atomic E-state index is 0.119. The Balaban J connectivity index is 1.67. The van der Waals surface area contributed by atoms with Crippen molar-refractivity contribution >= 4 is 44.7 Å². The van der Waals surface area contributed by atoms with Gasteiger partial charge in [0.15, 0.2) is 0 Å². The molecule has 0 unspecified atom stereocenters. The van der Waals surface area contributed by atoms with Crippen molar-refractivity contribution in [2.24, 2.45) is 0 Å². The largest absolute Gasteiger partial charge is 0.368 e. The standard InChI is InChI=1S/C23H25ClN4OS/c1-3-14-9-15(24)10-18(21(14)27(2)16-12-25-13-16)17-5-6-26-19-11-20(30-22(17)19)23(29)28-7-4-8-28/h5-6,9-11,16,25H,3-4,7-8,12-13H2,1-2H3. The molecule has 3 aromatic rings.